The van der Waals surface area contributed by atoms with Crippen molar-refractivity contribution in [2.75, 3.05) is 26.0 Å². The molecule has 2 aliphatic heterocycles. The Kier molecular flexibility index (Phi) is 4.39. The van der Waals surface area contributed by atoms with Crippen molar-refractivity contribution in [2.24, 2.45) is 0 Å². The fraction of sp³-hybridized carbons (Fsp3) is 0.625. The third kappa shape index (κ3) is 3.07. The number of nitrogens with zero attached hydrogens (tertiary/aromatic N) is 5. The number of aromatic nitrogens is 4. The van der Waals surface area contributed by atoms with Crippen molar-refractivity contribution in [1.82, 2.24) is 24.5 Å². The second-order valence-corrected chi connectivity index (χ2v) is 8.86. The molecule has 2 unspecified atom stereocenters. The predicted molar refractivity (Wildman–Crippen MR) is 91.4 cm³/mol. The van der Waals surface area contributed by atoms with Gasteiger partial charge in [0.25, 0.3) is 11.7 Å². The average Bonchev–Trinajstić information content (AvgIpc) is 3.30. The van der Waals surface area contributed by atoms with Crippen molar-refractivity contribution in [3.8, 4) is 0 Å². The average molecular weight is 379 g/mol. The van der Waals surface area contributed by atoms with E-state index in [1.165, 1.54) is 17.0 Å². The Morgan fingerprint density at radius 1 is 1.27 bits per heavy atom. The van der Waals surface area contributed by atoms with Gasteiger partial charge in [0, 0.05) is 31.9 Å². The van der Waals surface area contributed by atoms with Gasteiger partial charge in [-0.1, -0.05) is 0 Å². The van der Waals surface area contributed by atoms with Crippen LogP contribution in [0.25, 0.3) is 5.78 Å². The van der Waals surface area contributed by atoms with Crippen LogP contribution in [0.3, 0.4) is 0 Å². The van der Waals surface area contributed by atoms with Crippen LogP contribution in [0.15, 0.2) is 17.4 Å². The van der Waals surface area contributed by atoms with Crippen molar-refractivity contribution in [1.29, 1.82) is 0 Å². The number of hydrogen-bond acceptors (Lipinski definition) is 7. The fourth-order valence-corrected chi connectivity index (χ4v) is 4.69. The van der Waals surface area contributed by atoms with Gasteiger partial charge in [-0.05, 0) is 25.7 Å². The molecular formula is C16H21N5O4S. The number of fused-ring (bicyclic) bond motifs is 1. The standard InChI is InChI=1S/C16H21N5O4S/c1-26(23,24)13-8-17-16-18-10-19-21(16)14(13)11-4-2-6-20(9-11)15(22)12-5-3-7-25-12/h8,10-12H,2-7,9H2,1H3. The normalized spacial score (nSPS) is 24.3. The van der Waals surface area contributed by atoms with E-state index in [4.69, 9.17) is 4.74 Å². The summed E-state index contributed by atoms with van der Waals surface area (Å²) in [7, 11) is -3.48. The van der Waals surface area contributed by atoms with E-state index < -0.39 is 9.84 Å². The molecule has 2 fully saturated rings. The lowest BCUT2D eigenvalue weighted by molar-refractivity contribution is -0.142. The van der Waals surface area contributed by atoms with Gasteiger partial charge in [0.15, 0.2) is 9.84 Å². The summed E-state index contributed by atoms with van der Waals surface area (Å²) in [5, 5.41) is 4.17. The van der Waals surface area contributed by atoms with E-state index in [0.717, 1.165) is 31.9 Å². The highest BCUT2D eigenvalue weighted by Crippen LogP contribution is 2.32. The Bertz CT molecular complexity index is 935. The highest BCUT2D eigenvalue weighted by molar-refractivity contribution is 7.90. The smallest absolute Gasteiger partial charge is 0.252 e. The molecule has 0 saturated carbocycles. The van der Waals surface area contributed by atoms with Crippen LogP contribution in [0.5, 0.6) is 0 Å². The first-order valence-corrected chi connectivity index (χ1v) is 10.6. The van der Waals surface area contributed by atoms with Crippen LogP contribution >= 0.6 is 0 Å². The molecule has 2 saturated heterocycles. The maximum absolute atomic E-state index is 12.7. The minimum atomic E-state index is -3.48. The van der Waals surface area contributed by atoms with Crippen molar-refractivity contribution < 1.29 is 17.9 Å². The molecule has 4 heterocycles. The number of likely N-dealkylation sites (tertiary alicyclic amines) is 1. The molecule has 2 aromatic rings. The van der Waals surface area contributed by atoms with E-state index >= 15 is 0 Å². The zero-order valence-electron chi connectivity index (χ0n) is 14.5. The van der Waals surface area contributed by atoms with Gasteiger partial charge in [-0.2, -0.15) is 14.6 Å². The first kappa shape index (κ1) is 17.3. The fourth-order valence-electron chi connectivity index (χ4n) is 3.82. The lowest BCUT2D eigenvalue weighted by Crippen LogP contribution is -2.44. The maximum atomic E-state index is 12.7. The number of carbonyl (C=O) groups is 1. The van der Waals surface area contributed by atoms with Crippen molar-refractivity contribution in [3.63, 3.8) is 0 Å². The maximum Gasteiger partial charge on any atom is 0.252 e. The zero-order chi connectivity index (χ0) is 18.3. The first-order chi connectivity index (χ1) is 12.4. The molecule has 2 aromatic heterocycles. The summed E-state index contributed by atoms with van der Waals surface area (Å²) in [5.41, 5.74) is 0.555. The van der Waals surface area contributed by atoms with E-state index in [-0.39, 0.29) is 22.8 Å². The lowest BCUT2D eigenvalue weighted by Gasteiger charge is -2.34. The highest BCUT2D eigenvalue weighted by atomic mass is 32.2. The van der Waals surface area contributed by atoms with Gasteiger partial charge < -0.3 is 9.64 Å². The summed E-state index contributed by atoms with van der Waals surface area (Å²) in [4.78, 5) is 22.8. The van der Waals surface area contributed by atoms with E-state index in [9.17, 15) is 13.2 Å². The van der Waals surface area contributed by atoms with Gasteiger partial charge in [-0.15, -0.1) is 0 Å². The van der Waals surface area contributed by atoms with E-state index in [1.807, 2.05) is 0 Å². The van der Waals surface area contributed by atoms with Gasteiger partial charge in [0.2, 0.25) is 0 Å². The van der Waals surface area contributed by atoms with Crippen LogP contribution < -0.4 is 0 Å². The minimum Gasteiger partial charge on any atom is -0.368 e. The number of hydrogen-bond donors (Lipinski definition) is 0. The highest BCUT2D eigenvalue weighted by Gasteiger charge is 2.34. The number of ether oxygens (including phenoxy) is 1. The Labute approximate surface area is 151 Å². The second-order valence-electron chi connectivity index (χ2n) is 6.88. The predicted octanol–water partition coefficient (Wildman–Crippen LogP) is 0.413. The van der Waals surface area contributed by atoms with Crippen LogP contribution in [-0.4, -0.2) is 70.9 Å². The molecule has 0 radical (unpaired) electrons. The van der Waals surface area contributed by atoms with E-state index in [1.54, 1.807) is 4.90 Å². The molecule has 2 aliphatic rings. The Balaban J connectivity index is 1.70. The number of amides is 1. The van der Waals surface area contributed by atoms with Crippen molar-refractivity contribution in [2.45, 2.75) is 42.6 Å². The van der Waals surface area contributed by atoms with Crippen molar-refractivity contribution >= 4 is 21.5 Å². The summed E-state index contributed by atoms with van der Waals surface area (Å²) in [6, 6.07) is 0. The summed E-state index contributed by atoms with van der Waals surface area (Å²) < 4.78 is 31.6. The SMILES string of the molecule is CS(=O)(=O)c1cnc2ncnn2c1C1CCCN(C(=O)C2CCCO2)C1. The van der Waals surface area contributed by atoms with E-state index in [0.29, 0.717) is 31.2 Å². The van der Waals surface area contributed by atoms with Gasteiger partial charge in [0.1, 0.15) is 17.3 Å². The van der Waals surface area contributed by atoms with Crippen LogP contribution in [0.2, 0.25) is 0 Å². The molecule has 140 valence electrons. The Morgan fingerprint density at radius 2 is 2.12 bits per heavy atom. The quantitative estimate of drug-likeness (QED) is 0.760. The third-order valence-corrected chi connectivity index (χ3v) is 6.15. The molecule has 1 amide bonds. The zero-order valence-corrected chi connectivity index (χ0v) is 15.4. The monoisotopic (exact) mass is 379 g/mol. The molecule has 10 heteroatoms. The van der Waals surface area contributed by atoms with Gasteiger partial charge in [-0.3, -0.25) is 4.79 Å². The minimum absolute atomic E-state index is 0.00278. The molecule has 9 nitrogen and oxygen atoms in total. The topological polar surface area (TPSA) is 107 Å². The van der Waals surface area contributed by atoms with Gasteiger partial charge in [-0.25, -0.2) is 13.4 Å². The van der Waals surface area contributed by atoms with Crippen LogP contribution in [0.4, 0.5) is 0 Å². The Hall–Kier alpha value is -2.07. The van der Waals surface area contributed by atoms with Crippen LogP contribution in [-0.2, 0) is 19.4 Å². The number of piperidine rings is 1. The largest absolute Gasteiger partial charge is 0.368 e. The molecule has 0 aliphatic carbocycles. The first-order valence-electron chi connectivity index (χ1n) is 8.74. The molecule has 4 rings (SSSR count). The molecule has 0 aromatic carbocycles. The number of rotatable bonds is 3. The molecule has 2 atom stereocenters. The molecule has 26 heavy (non-hydrogen) atoms. The van der Waals surface area contributed by atoms with Crippen molar-refractivity contribution in [3.05, 3.63) is 18.2 Å². The Morgan fingerprint density at radius 3 is 2.85 bits per heavy atom. The third-order valence-electron chi connectivity index (χ3n) is 5.03. The molecule has 0 bridgehead atoms. The van der Waals surface area contributed by atoms with Gasteiger partial charge >= 0.3 is 0 Å². The summed E-state index contributed by atoms with van der Waals surface area (Å²) in [6.45, 7) is 1.73. The molecular weight excluding hydrogens is 358 g/mol. The number of carbonyl (C=O) groups excluding carboxylic acids is 1. The summed E-state index contributed by atoms with van der Waals surface area (Å²) >= 11 is 0. The summed E-state index contributed by atoms with van der Waals surface area (Å²) in [6.07, 6.45) is 6.71. The van der Waals surface area contributed by atoms with Crippen LogP contribution in [0.1, 0.15) is 37.3 Å². The van der Waals surface area contributed by atoms with E-state index in [2.05, 4.69) is 15.1 Å². The lowest BCUT2D eigenvalue weighted by atomic mass is 9.94. The van der Waals surface area contributed by atoms with Crippen LogP contribution in [0, 0.1) is 0 Å². The second kappa shape index (κ2) is 6.58. The molecule has 0 spiro atoms. The van der Waals surface area contributed by atoms with Gasteiger partial charge in [0.05, 0.1) is 11.9 Å². The summed E-state index contributed by atoms with van der Waals surface area (Å²) in [5.74, 6) is 0.206. The number of sulfone groups is 1. The molecule has 0 N–H and O–H groups in total.